The molecule has 1 heterocycles. The van der Waals surface area contributed by atoms with E-state index in [4.69, 9.17) is 0 Å². The van der Waals surface area contributed by atoms with Crippen molar-refractivity contribution in [2.24, 2.45) is 0 Å². The van der Waals surface area contributed by atoms with E-state index in [-0.39, 0.29) is 5.39 Å². The molecule has 1 aromatic heterocycles. The number of halogens is 7. The molecule has 114 valence electrons. The first-order chi connectivity index (χ1) is 9.50. The van der Waals surface area contributed by atoms with Gasteiger partial charge in [0, 0.05) is 10.3 Å². The highest BCUT2D eigenvalue weighted by Crippen LogP contribution is 2.40. The van der Waals surface area contributed by atoms with Crippen LogP contribution in [-0.2, 0) is 6.18 Å². The Morgan fingerprint density at radius 3 is 2.24 bits per heavy atom. The summed E-state index contributed by atoms with van der Waals surface area (Å²) >= 11 is 1.94. The molecule has 1 N–H and O–H groups in total. The predicted octanol–water partition coefficient (Wildman–Crippen LogP) is 4.92. The summed E-state index contributed by atoms with van der Waals surface area (Å²) in [6, 6.07) is 3.31. The summed E-state index contributed by atoms with van der Waals surface area (Å²) in [4.78, 5) is 13.2. The second kappa shape index (κ2) is 5.24. The third kappa shape index (κ3) is 3.37. The molecule has 0 amide bonds. The van der Waals surface area contributed by atoms with E-state index in [1.807, 2.05) is 4.98 Å². The largest absolute Gasteiger partial charge is 0.446 e. The van der Waals surface area contributed by atoms with Crippen molar-refractivity contribution in [3.8, 4) is 0 Å². The highest BCUT2D eigenvalue weighted by Gasteiger charge is 2.37. The van der Waals surface area contributed by atoms with Crippen LogP contribution in [0, 0.1) is 0 Å². The van der Waals surface area contributed by atoms with Gasteiger partial charge in [-0.25, -0.2) is 0 Å². The van der Waals surface area contributed by atoms with Crippen molar-refractivity contribution in [2.45, 2.75) is 16.6 Å². The second-order valence-electron chi connectivity index (χ2n) is 3.87. The average molecular weight is 392 g/mol. The maximum absolute atomic E-state index is 12.8. The molecule has 2 rings (SSSR count). The third-order valence-electron chi connectivity index (χ3n) is 2.45. The monoisotopic (exact) mass is 391 g/mol. The van der Waals surface area contributed by atoms with Gasteiger partial charge in [0.15, 0.2) is 0 Å². The number of pyridine rings is 1. The first kappa shape index (κ1) is 16.2. The zero-order chi connectivity index (χ0) is 16.0. The van der Waals surface area contributed by atoms with Gasteiger partial charge in [0.2, 0.25) is 5.43 Å². The van der Waals surface area contributed by atoms with Crippen LogP contribution in [0.25, 0.3) is 10.9 Å². The fourth-order valence-electron chi connectivity index (χ4n) is 1.67. The Kier molecular flexibility index (Phi) is 4.04. The Balaban J connectivity index is 2.81. The average Bonchev–Trinajstić information content (AvgIpc) is 2.31. The van der Waals surface area contributed by atoms with E-state index in [9.17, 15) is 31.1 Å². The van der Waals surface area contributed by atoms with E-state index in [1.54, 1.807) is 0 Å². The summed E-state index contributed by atoms with van der Waals surface area (Å²) in [5.41, 5.74) is -7.63. The van der Waals surface area contributed by atoms with Gasteiger partial charge in [0.1, 0.15) is 5.69 Å². The Bertz CT molecular complexity index is 751. The zero-order valence-electron chi connectivity index (χ0n) is 9.69. The first-order valence-corrected chi connectivity index (χ1v) is 6.79. The standard InChI is InChI=1S/C11H4BrF6NOS/c12-6-8(20)4-2-1-3-5(21-11(16,17)18)7(4)19-9(6)10(13,14)15/h1-3H,(H,19,20). The lowest BCUT2D eigenvalue weighted by atomic mass is 10.2. The van der Waals surface area contributed by atoms with Crippen molar-refractivity contribution in [2.75, 3.05) is 0 Å². The molecule has 0 aliphatic carbocycles. The quantitative estimate of drug-likeness (QED) is 0.552. The lowest BCUT2D eigenvalue weighted by Crippen LogP contribution is -2.17. The number of alkyl halides is 6. The van der Waals surface area contributed by atoms with Crippen molar-refractivity contribution in [3.05, 3.63) is 38.6 Å². The summed E-state index contributed by atoms with van der Waals surface area (Å²) in [5, 5.41) is -0.260. The smallest absolute Gasteiger partial charge is 0.349 e. The minimum absolute atomic E-state index is 0.260. The van der Waals surface area contributed by atoms with Crippen LogP contribution >= 0.6 is 27.7 Å². The minimum Gasteiger partial charge on any atom is -0.349 e. The van der Waals surface area contributed by atoms with E-state index in [1.165, 1.54) is 6.07 Å². The second-order valence-corrected chi connectivity index (χ2v) is 5.77. The predicted molar refractivity (Wildman–Crippen MR) is 69.2 cm³/mol. The van der Waals surface area contributed by atoms with E-state index < -0.39 is 49.5 Å². The van der Waals surface area contributed by atoms with Gasteiger partial charge in [-0.2, -0.15) is 26.3 Å². The first-order valence-electron chi connectivity index (χ1n) is 5.18. The van der Waals surface area contributed by atoms with Crippen molar-refractivity contribution in [3.63, 3.8) is 0 Å². The molecule has 0 radical (unpaired) electrons. The maximum atomic E-state index is 12.8. The van der Waals surface area contributed by atoms with Crippen LogP contribution in [0.5, 0.6) is 0 Å². The number of para-hydroxylation sites is 1. The lowest BCUT2D eigenvalue weighted by molar-refractivity contribution is -0.141. The maximum Gasteiger partial charge on any atom is 0.446 e. The molecule has 21 heavy (non-hydrogen) atoms. The van der Waals surface area contributed by atoms with E-state index in [2.05, 4.69) is 15.9 Å². The Morgan fingerprint density at radius 2 is 1.71 bits per heavy atom. The molecule has 1 aromatic carbocycles. The van der Waals surface area contributed by atoms with Gasteiger partial charge in [0.05, 0.1) is 9.99 Å². The molecule has 0 bridgehead atoms. The fraction of sp³-hybridized carbons (Fsp3) is 0.182. The fourth-order valence-corrected chi connectivity index (χ4v) is 2.86. The number of aromatic nitrogens is 1. The number of hydrogen-bond donors (Lipinski definition) is 1. The molecule has 0 aliphatic heterocycles. The number of hydrogen-bond acceptors (Lipinski definition) is 2. The summed E-state index contributed by atoms with van der Waals surface area (Å²) in [5.74, 6) is 0. The van der Waals surface area contributed by atoms with Gasteiger partial charge >= 0.3 is 11.7 Å². The van der Waals surface area contributed by atoms with Crippen molar-refractivity contribution in [1.82, 2.24) is 4.98 Å². The number of benzene rings is 1. The van der Waals surface area contributed by atoms with Crippen molar-refractivity contribution >= 4 is 38.6 Å². The molecule has 0 fully saturated rings. The van der Waals surface area contributed by atoms with Crippen LogP contribution in [0.1, 0.15) is 5.69 Å². The Morgan fingerprint density at radius 1 is 1.10 bits per heavy atom. The molecular formula is C11H4BrF6NOS. The summed E-state index contributed by atoms with van der Waals surface area (Å²) in [6.07, 6.45) is -4.90. The number of rotatable bonds is 1. The molecule has 0 saturated carbocycles. The van der Waals surface area contributed by atoms with Crippen molar-refractivity contribution < 1.29 is 26.3 Å². The summed E-state index contributed by atoms with van der Waals surface area (Å²) in [6.45, 7) is 0. The van der Waals surface area contributed by atoms with Crippen molar-refractivity contribution in [1.29, 1.82) is 0 Å². The van der Waals surface area contributed by atoms with E-state index >= 15 is 0 Å². The molecule has 0 atom stereocenters. The van der Waals surface area contributed by atoms with Crippen LogP contribution in [0.15, 0.2) is 32.4 Å². The van der Waals surface area contributed by atoms with Gasteiger partial charge in [-0.1, -0.05) is 6.07 Å². The Labute approximate surface area is 125 Å². The van der Waals surface area contributed by atoms with Crippen LogP contribution in [0.4, 0.5) is 26.3 Å². The van der Waals surface area contributed by atoms with E-state index in [0.717, 1.165) is 12.1 Å². The van der Waals surface area contributed by atoms with E-state index in [0.29, 0.717) is 0 Å². The van der Waals surface area contributed by atoms with Gasteiger partial charge in [-0.3, -0.25) is 4.79 Å². The summed E-state index contributed by atoms with van der Waals surface area (Å²) in [7, 11) is 0. The molecular weight excluding hydrogens is 388 g/mol. The van der Waals surface area contributed by atoms with Gasteiger partial charge in [-0.05, 0) is 39.8 Å². The SMILES string of the molecule is O=c1c(Br)c(C(F)(F)F)[nH]c2c(SC(F)(F)F)cccc12. The number of thioether (sulfide) groups is 1. The molecule has 2 nitrogen and oxygen atoms in total. The van der Waals surface area contributed by atoms with Crippen LogP contribution < -0.4 is 5.43 Å². The normalized spacial score (nSPS) is 12.9. The highest BCUT2D eigenvalue weighted by atomic mass is 79.9. The molecule has 0 saturated heterocycles. The summed E-state index contributed by atoms with van der Waals surface area (Å²) < 4.78 is 74.9. The minimum atomic E-state index is -4.90. The lowest BCUT2D eigenvalue weighted by Gasteiger charge is -2.13. The topological polar surface area (TPSA) is 32.9 Å². The van der Waals surface area contributed by atoms with Crippen LogP contribution in [-0.4, -0.2) is 10.5 Å². The van der Waals surface area contributed by atoms with Crippen LogP contribution in [0.2, 0.25) is 0 Å². The molecule has 0 unspecified atom stereocenters. The number of nitrogens with one attached hydrogen (secondary N) is 1. The third-order valence-corrected chi connectivity index (χ3v) is 4.00. The molecule has 0 spiro atoms. The number of fused-ring (bicyclic) bond motifs is 1. The molecule has 0 aliphatic rings. The van der Waals surface area contributed by atoms with Gasteiger partial charge < -0.3 is 4.98 Å². The zero-order valence-corrected chi connectivity index (χ0v) is 12.1. The number of aromatic amines is 1. The number of H-pyrrole nitrogens is 1. The Hall–Kier alpha value is -1.16. The van der Waals surface area contributed by atoms with Crippen LogP contribution in [0.3, 0.4) is 0 Å². The highest BCUT2D eigenvalue weighted by molar-refractivity contribution is 9.10. The molecule has 10 heteroatoms. The molecule has 2 aromatic rings. The van der Waals surface area contributed by atoms with Gasteiger partial charge in [-0.15, -0.1) is 0 Å². The van der Waals surface area contributed by atoms with Gasteiger partial charge in [0.25, 0.3) is 0 Å².